The minimum atomic E-state index is -0.449. The largest absolute Gasteiger partial charge is 0.484 e. The summed E-state index contributed by atoms with van der Waals surface area (Å²) in [5.74, 6) is 1.09. The summed E-state index contributed by atoms with van der Waals surface area (Å²) in [5.41, 5.74) is 3.54. The van der Waals surface area contributed by atoms with Crippen molar-refractivity contribution in [1.82, 2.24) is 15.3 Å². The molecule has 0 saturated heterocycles. The molecule has 0 fully saturated rings. The van der Waals surface area contributed by atoms with Gasteiger partial charge in [0.05, 0.1) is 16.0 Å². The Balaban J connectivity index is 1.48. The predicted octanol–water partition coefficient (Wildman–Crippen LogP) is 2.83. The molecule has 1 heterocycles. The van der Waals surface area contributed by atoms with Crippen molar-refractivity contribution in [2.75, 3.05) is 13.2 Å². The van der Waals surface area contributed by atoms with Crippen molar-refractivity contribution >= 4 is 22.6 Å². The average Bonchev–Trinajstić information content (AvgIpc) is 3.04. The van der Waals surface area contributed by atoms with E-state index < -0.39 is 4.92 Å². The smallest absolute Gasteiger partial charge is 0.271 e. The molecule has 0 spiro atoms. The number of ether oxygens (including phenoxy) is 1. The van der Waals surface area contributed by atoms with E-state index in [1.807, 2.05) is 32.0 Å². The van der Waals surface area contributed by atoms with E-state index in [1.54, 1.807) is 6.07 Å². The molecule has 0 radical (unpaired) electrons. The van der Waals surface area contributed by atoms with E-state index in [0.717, 1.165) is 5.56 Å². The van der Waals surface area contributed by atoms with Crippen molar-refractivity contribution in [2.24, 2.45) is 0 Å². The van der Waals surface area contributed by atoms with Crippen LogP contribution in [-0.2, 0) is 11.2 Å². The zero-order valence-corrected chi connectivity index (χ0v) is 15.1. The van der Waals surface area contributed by atoms with E-state index >= 15 is 0 Å². The maximum Gasteiger partial charge on any atom is 0.271 e. The van der Waals surface area contributed by atoms with Gasteiger partial charge in [-0.25, -0.2) is 4.98 Å². The second-order valence-electron chi connectivity index (χ2n) is 6.28. The number of carbonyl (C=O) groups excluding carboxylic acids is 1. The van der Waals surface area contributed by atoms with Crippen molar-refractivity contribution in [1.29, 1.82) is 0 Å². The highest BCUT2D eigenvalue weighted by molar-refractivity contribution is 5.78. The normalized spacial score (nSPS) is 10.7. The van der Waals surface area contributed by atoms with Gasteiger partial charge in [-0.2, -0.15) is 0 Å². The molecule has 3 rings (SSSR count). The number of hydrogen-bond donors (Lipinski definition) is 2. The summed E-state index contributed by atoms with van der Waals surface area (Å²) in [6, 6.07) is 10.2. The summed E-state index contributed by atoms with van der Waals surface area (Å²) in [4.78, 5) is 29.7. The molecule has 0 aliphatic carbocycles. The minimum absolute atomic E-state index is 0.00879. The monoisotopic (exact) mass is 368 g/mol. The van der Waals surface area contributed by atoms with Crippen LogP contribution in [0.1, 0.15) is 17.0 Å². The lowest BCUT2D eigenvalue weighted by molar-refractivity contribution is -0.384. The molecular weight excluding hydrogens is 348 g/mol. The Morgan fingerprint density at radius 1 is 1.22 bits per heavy atom. The maximum absolute atomic E-state index is 11.9. The summed E-state index contributed by atoms with van der Waals surface area (Å²) in [6.45, 7) is 4.33. The van der Waals surface area contributed by atoms with E-state index in [9.17, 15) is 14.9 Å². The number of amides is 1. The van der Waals surface area contributed by atoms with Crippen LogP contribution in [0.15, 0.2) is 36.4 Å². The molecule has 0 unspecified atom stereocenters. The number of benzene rings is 2. The van der Waals surface area contributed by atoms with Gasteiger partial charge in [0, 0.05) is 25.1 Å². The molecule has 8 heteroatoms. The number of H-pyrrole nitrogens is 1. The zero-order chi connectivity index (χ0) is 19.4. The maximum atomic E-state index is 11.9. The van der Waals surface area contributed by atoms with Gasteiger partial charge < -0.3 is 15.0 Å². The number of fused-ring (bicyclic) bond motifs is 1. The summed E-state index contributed by atoms with van der Waals surface area (Å²) >= 11 is 0. The molecule has 1 aromatic heterocycles. The third-order valence-electron chi connectivity index (χ3n) is 4.26. The number of aromatic nitrogens is 2. The molecule has 2 aromatic carbocycles. The molecule has 1 amide bonds. The Hall–Kier alpha value is -3.42. The van der Waals surface area contributed by atoms with E-state index in [4.69, 9.17) is 4.74 Å². The van der Waals surface area contributed by atoms with E-state index in [1.165, 1.54) is 17.7 Å². The van der Waals surface area contributed by atoms with Crippen LogP contribution in [0.3, 0.4) is 0 Å². The fraction of sp³-hybridized carbons (Fsp3) is 0.263. The highest BCUT2D eigenvalue weighted by Gasteiger charge is 2.10. The quantitative estimate of drug-likeness (QED) is 0.492. The second-order valence-corrected chi connectivity index (χ2v) is 6.28. The van der Waals surface area contributed by atoms with Gasteiger partial charge in [-0.05, 0) is 43.2 Å². The van der Waals surface area contributed by atoms with Gasteiger partial charge in [-0.1, -0.05) is 6.07 Å². The molecule has 27 heavy (non-hydrogen) atoms. The van der Waals surface area contributed by atoms with Crippen molar-refractivity contribution in [3.63, 3.8) is 0 Å². The van der Waals surface area contributed by atoms with Crippen molar-refractivity contribution < 1.29 is 14.5 Å². The molecule has 140 valence electrons. The first-order chi connectivity index (χ1) is 12.9. The van der Waals surface area contributed by atoms with Crippen molar-refractivity contribution in [3.05, 3.63) is 63.5 Å². The van der Waals surface area contributed by atoms with Gasteiger partial charge in [0.15, 0.2) is 6.61 Å². The van der Waals surface area contributed by atoms with Gasteiger partial charge >= 0.3 is 0 Å². The Bertz CT molecular complexity index is 997. The number of imidazole rings is 1. The number of nitro benzene ring substituents is 1. The van der Waals surface area contributed by atoms with E-state index in [-0.39, 0.29) is 18.2 Å². The van der Waals surface area contributed by atoms with Crippen LogP contribution in [0, 0.1) is 24.0 Å². The molecule has 0 saturated carbocycles. The third kappa shape index (κ3) is 4.60. The number of aromatic amines is 1. The standard InChI is InChI=1S/C19H20N4O4/c1-12-3-5-15(9-13(12)2)27-11-19(24)20-8-7-18-21-16-6-4-14(23(25)26)10-17(16)22-18/h3-6,9-10H,7-8,11H2,1-2H3,(H,20,24)(H,21,22). The lowest BCUT2D eigenvalue weighted by atomic mass is 10.1. The van der Waals surface area contributed by atoms with Crippen LogP contribution < -0.4 is 10.1 Å². The average molecular weight is 368 g/mol. The van der Waals surface area contributed by atoms with E-state index in [0.29, 0.717) is 35.6 Å². The van der Waals surface area contributed by atoms with Gasteiger partial charge in [-0.15, -0.1) is 0 Å². The summed E-state index contributed by atoms with van der Waals surface area (Å²) in [5, 5.41) is 13.6. The van der Waals surface area contributed by atoms with E-state index in [2.05, 4.69) is 15.3 Å². The number of rotatable bonds is 7. The number of nitrogens with one attached hydrogen (secondary N) is 2. The molecule has 8 nitrogen and oxygen atoms in total. The number of nitro groups is 1. The summed E-state index contributed by atoms with van der Waals surface area (Å²) < 4.78 is 5.49. The van der Waals surface area contributed by atoms with Crippen LogP contribution in [0.4, 0.5) is 5.69 Å². The van der Waals surface area contributed by atoms with Gasteiger partial charge in [0.25, 0.3) is 11.6 Å². The zero-order valence-electron chi connectivity index (χ0n) is 15.1. The second kappa shape index (κ2) is 7.86. The lowest BCUT2D eigenvalue weighted by Gasteiger charge is -2.08. The Morgan fingerprint density at radius 2 is 2.04 bits per heavy atom. The number of nitrogens with zero attached hydrogens (tertiary/aromatic N) is 2. The molecule has 0 atom stereocenters. The molecule has 0 aliphatic rings. The third-order valence-corrected chi connectivity index (χ3v) is 4.26. The molecular formula is C19H20N4O4. The number of carbonyl (C=O) groups is 1. The van der Waals surface area contributed by atoms with Crippen LogP contribution in [-0.4, -0.2) is 34.0 Å². The highest BCUT2D eigenvalue weighted by atomic mass is 16.6. The van der Waals surface area contributed by atoms with Gasteiger partial charge in [0.2, 0.25) is 0 Å². The van der Waals surface area contributed by atoms with Gasteiger partial charge in [-0.3, -0.25) is 14.9 Å². The van der Waals surface area contributed by atoms with Gasteiger partial charge in [0.1, 0.15) is 11.6 Å². The van der Waals surface area contributed by atoms with Crippen molar-refractivity contribution in [2.45, 2.75) is 20.3 Å². The predicted molar refractivity (Wildman–Crippen MR) is 101 cm³/mol. The summed E-state index contributed by atoms with van der Waals surface area (Å²) in [7, 11) is 0. The fourth-order valence-corrected chi connectivity index (χ4v) is 2.61. The van der Waals surface area contributed by atoms with Crippen LogP contribution in [0.5, 0.6) is 5.75 Å². The van der Waals surface area contributed by atoms with Crippen LogP contribution in [0.2, 0.25) is 0 Å². The Labute approximate surface area is 155 Å². The SMILES string of the molecule is Cc1ccc(OCC(=O)NCCc2nc3ccc([N+](=O)[O-])cc3[nH]2)cc1C. The lowest BCUT2D eigenvalue weighted by Crippen LogP contribution is -2.30. The first kappa shape index (κ1) is 18.4. The topological polar surface area (TPSA) is 110 Å². The highest BCUT2D eigenvalue weighted by Crippen LogP contribution is 2.19. The Morgan fingerprint density at radius 3 is 2.78 bits per heavy atom. The fourth-order valence-electron chi connectivity index (χ4n) is 2.61. The van der Waals surface area contributed by atoms with Crippen molar-refractivity contribution in [3.8, 4) is 5.75 Å². The molecule has 2 N–H and O–H groups in total. The molecule has 3 aromatic rings. The first-order valence-electron chi connectivity index (χ1n) is 8.52. The molecule has 0 bridgehead atoms. The minimum Gasteiger partial charge on any atom is -0.484 e. The number of aryl methyl sites for hydroxylation is 2. The van der Waals surface area contributed by atoms with Crippen LogP contribution >= 0.6 is 0 Å². The number of hydrogen-bond acceptors (Lipinski definition) is 5. The van der Waals surface area contributed by atoms with Crippen LogP contribution in [0.25, 0.3) is 11.0 Å². The molecule has 0 aliphatic heterocycles. The first-order valence-corrected chi connectivity index (χ1v) is 8.52. The number of non-ortho nitro benzene ring substituents is 1. The Kier molecular flexibility index (Phi) is 5.35. The summed E-state index contributed by atoms with van der Waals surface area (Å²) in [6.07, 6.45) is 0.484.